The molecule has 0 spiro atoms. The van der Waals surface area contributed by atoms with Crippen LogP contribution in [0.1, 0.15) is 81.4 Å². The third kappa shape index (κ3) is 4.63. The van der Waals surface area contributed by atoms with Crippen molar-refractivity contribution >= 4 is 46.1 Å². The summed E-state index contributed by atoms with van der Waals surface area (Å²) in [6.07, 6.45) is 11.5. The Bertz CT molecular complexity index is 1070. The molecule has 3 heterocycles. The molecule has 2 saturated heterocycles. The smallest absolute Gasteiger partial charge is 0.270 e. The van der Waals surface area contributed by atoms with Crippen molar-refractivity contribution in [1.29, 1.82) is 5.26 Å². The highest BCUT2D eigenvalue weighted by Crippen LogP contribution is 2.39. The normalized spacial score (nSPS) is 21.2. The molecule has 6 nitrogen and oxygen atoms in total. The van der Waals surface area contributed by atoms with Gasteiger partial charge in [0.05, 0.1) is 4.91 Å². The van der Waals surface area contributed by atoms with Gasteiger partial charge in [-0.1, -0.05) is 50.2 Å². The van der Waals surface area contributed by atoms with Gasteiger partial charge in [0.25, 0.3) is 11.5 Å². The summed E-state index contributed by atoms with van der Waals surface area (Å²) in [5.41, 5.74) is 1.39. The zero-order valence-corrected chi connectivity index (χ0v) is 21.2. The fraction of sp³-hybridized carbons (Fsp3) is 0.600. The van der Waals surface area contributed by atoms with Crippen LogP contribution >= 0.6 is 24.0 Å². The molecule has 0 N–H and O–H groups in total. The van der Waals surface area contributed by atoms with Crippen molar-refractivity contribution in [2.45, 2.75) is 84.2 Å². The molecule has 1 aromatic rings. The van der Waals surface area contributed by atoms with Gasteiger partial charge in [-0.05, 0) is 57.1 Å². The molecule has 0 bridgehead atoms. The third-order valence-electron chi connectivity index (χ3n) is 6.99. The number of piperidine rings is 1. The summed E-state index contributed by atoms with van der Waals surface area (Å²) >= 11 is 6.98. The van der Waals surface area contributed by atoms with Gasteiger partial charge >= 0.3 is 0 Å². The molecule has 1 aromatic heterocycles. The molecule has 1 saturated carbocycles. The Morgan fingerprint density at radius 3 is 2.42 bits per heavy atom. The van der Waals surface area contributed by atoms with Crippen LogP contribution in [0.2, 0.25) is 0 Å². The van der Waals surface area contributed by atoms with Crippen LogP contribution in [0.4, 0.5) is 5.82 Å². The number of rotatable bonds is 5. The van der Waals surface area contributed by atoms with E-state index in [1.165, 1.54) is 24.6 Å². The van der Waals surface area contributed by atoms with Crippen molar-refractivity contribution in [2.24, 2.45) is 0 Å². The Hall–Kier alpha value is -2.11. The van der Waals surface area contributed by atoms with Gasteiger partial charge in [0.2, 0.25) is 0 Å². The molecule has 0 atom stereocenters. The van der Waals surface area contributed by atoms with Gasteiger partial charge in [-0.15, -0.1) is 0 Å². The number of hydrogen-bond donors (Lipinski definition) is 0. The lowest BCUT2D eigenvalue weighted by Crippen LogP contribution is -2.39. The van der Waals surface area contributed by atoms with Crippen molar-refractivity contribution in [1.82, 2.24) is 9.47 Å². The Balaban J connectivity index is 1.84. The van der Waals surface area contributed by atoms with E-state index in [9.17, 15) is 14.9 Å². The number of anilines is 1. The maximum atomic E-state index is 13.5. The molecule has 1 amide bonds. The Labute approximate surface area is 205 Å². The molecule has 1 aliphatic carbocycles. The van der Waals surface area contributed by atoms with E-state index in [0.717, 1.165) is 69.4 Å². The maximum absolute atomic E-state index is 13.5. The van der Waals surface area contributed by atoms with Crippen LogP contribution < -0.4 is 10.5 Å². The second-order valence-corrected chi connectivity index (χ2v) is 10.9. The van der Waals surface area contributed by atoms with E-state index in [4.69, 9.17) is 12.2 Å². The quantitative estimate of drug-likeness (QED) is 0.434. The maximum Gasteiger partial charge on any atom is 0.270 e. The Morgan fingerprint density at radius 1 is 1.12 bits per heavy atom. The molecule has 3 aliphatic rings. The van der Waals surface area contributed by atoms with E-state index in [0.29, 0.717) is 21.3 Å². The molecule has 8 heteroatoms. The fourth-order valence-corrected chi connectivity index (χ4v) is 6.67. The minimum absolute atomic E-state index is 0.0346. The molecule has 0 aromatic carbocycles. The zero-order chi connectivity index (χ0) is 23.5. The van der Waals surface area contributed by atoms with E-state index in [1.807, 2.05) is 24.8 Å². The number of carbonyl (C=O) groups excluding carboxylic acids is 1. The van der Waals surface area contributed by atoms with Gasteiger partial charge in [-0.25, -0.2) is 0 Å². The van der Waals surface area contributed by atoms with E-state index in [2.05, 4.69) is 11.0 Å². The van der Waals surface area contributed by atoms with Gasteiger partial charge in [-0.2, -0.15) is 5.26 Å². The lowest BCUT2D eigenvalue weighted by Gasteiger charge is -2.33. The number of hydrogen-bond acceptors (Lipinski definition) is 6. The van der Waals surface area contributed by atoms with Gasteiger partial charge in [0.15, 0.2) is 0 Å². The summed E-state index contributed by atoms with van der Waals surface area (Å²) in [6.45, 7) is 6.16. The lowest BCUT2D eigenvalue weighted by atomic mass is 9.94. The SMILES string of the molecule is CCCn1c(N2CCCCC2)c(C=C2SC(=S)N(C3CCCCC3)C2=O)c(C)c(C#N)c1=O. The van der Waals surface area contributed by atoms with Crippen molar-refractivity contribution in [3.8, 4) is 6.07 Å². The van der Waals surface area contributed by atoms with Gasteiger partial charge in [-0.3, -0.25) is 19.1 Å². The average molecular weight is 485 g/mol. The highest BCUT2D eigenvalue weighted by atomic mass is 32.2. The largest absolute Gasteiger partial charge is 0.357 e. The zero-order valence-electron chi connectivity index (χ0n) is 19.6. The number of nitrogens with zero attached hydrogens (tertiary/aromatic N) is 4. The van der Waals surface area contributed by atoms with Crippen LogP contribution in [0.3, 0.4) is 0 Å². The second-order valence-electron chi connectivity index (χ2n) is 9.20. The summed E-state index contributed by atoms with van der Waals surface area (Å²) < 4.78 is 2.38. The monoisotopic (exact) mass is 484 g/mol. The van der Waals surface area contributed by atoms with Gasteiger partial charge < -0.3 is 4.90 Å². The molecule has 33 heavy (non-hydrogen) atoms. The molecule has 0 unspecified atom stereocenters. The molecule has 4 rings (SSSR count). The van der Waals surface area contributed by atoms with Crippen LogP contribution in [0.25, 0.3) is 6.08 Å². The number of pyridine rings is 1. The van der Waals surface area contributed by atoms with Crippen molar-refractivity contribution in [3.05, 3.63) is 31.9 Å². The summed E-state index contributed by atoms with van der Waals surface area (Å²) in [6, 6.07) is 2.31. The van der Waals surface area contributed by atoms with Crippen LogP contribution in [0, 0.1) is 18.3 Å². The van der Waals surface area contributed by atoms with E-state index in [1.54, 1.807) is 4.57 Å². The highest BCUT2D eigenvalue weighted by molar-refractivity contribution is 8.26. The summed E-state index contributed by atoms with van der Waals surface area (Å²) in [5, 5.41) is 9.79. The van der Waals surface area contributed by atoms with Crippen LogP contribution in [-0.4, -0.2) is 38.8 Å². The van der Waals surface area contributed by atoms with Crippen molar-refractivity contribution in [2.75, 3.05) is 18.0 Å². The topological polar surface area (TPSA) is 69.3 Å². The summed E-state index contributed by atoms with van der Waals surface area (Å²) in [7, 11) is 0. The van der Waals surface area contributed by atoms with Gasteiger partial charge in [0, 0.05) is 31.2 Å². The first-order valence-corrected chi connectivity index (χ1v) is 13.4. The molecular weight excluding hydrogens is 452 g/mol. The first-order chi connectivity index (χ1) is 16.0. The first-order valence-electron chi connectivity index (χ1n) is 12.2. The first kappa shape index (κ1) is 24.0. The van der Waals surface area contributed by atoms with Crippen LogP contribution in [0.5, 0.6) is 0 Å². The number of nitriles is 1. The van der Waals surface area contributed by atoms with Crippen molar-refractivity contribution < 1.29 is 4.79 Å². The average Bonchev–Trinajstić information content (AvgIpc) is 3.11. The van der Waals surface area contributed by atoms with E-state index < -0.39 is 0 Å². The number of amides is 1. The number of thiocarbonyl (C=S) groups is 1. The van der Waals surface area contributed by atoms with Crippen LogP contribution in [-0.2, 0) is 11.3 Å². The van der Waals surface area contributed by atoms with Crippen molar-refractivity contribution in [3.63, 3.8) is 0 Å². The number of carbonyl (C=O) groups is 1. The minimum atomic E-state index is -0.232. The van der Waals surface area contributed by atoms with E-state index in [-0.39, 0.29) is 23.1 Å². The summed E-state index contributed by atoms with van der Waals surface area (Å²) in [5.74, 6) is 0.814. The molecule has 0 radical (unpaired) electrons. The minimum Gasteiger partial charge on any atom is -0.357 e. The second kappa shape index (κ2) is 10.4. The standard InChI is InChI=1S/C25H32N4O2S2/c1-3-12-28-22(27-13-8-5-9-14-27)19(17(2)20(16-26)23(28)30)15-21-24(31)29(25(32)33-21)18-10-6-4-7-11-18/h15,18H,3-14H2,1-2H3. The highest BCUT2D eigenvalue weighted by Gasteiger charge is 2.38. The Kier molecular flexibility index (Phi) is 7.60. The molecular formula is C25H32N4O2S2. The predicted octanol–water partition coefficient (Wildman–Crippen LogP) is 4.96. The molecule has 176 valence electrons. The number of thioether (sulfide) groups is 1. The van der Waals surface area contributed by atoms with Crippen LogP contribution in [0.15, 0.2) is 9.70 Å². The summed E-state index contributed by atoms with van der Waals surface area (Å²) in [4.78, 5) is 31.4. The number of aromatic nitrogens is 1. The molecule has 2 aliphatic heterocycles. The van der Waals surface area contributed by atoms with Gasteiger partial charge in [0.1, 0.15) is 21.8 Å². The molecule has 3 fully saturated rings. The van der Waals surface area contributed by atoms with E-state index >= 15 is 0 Å². The Morgan fingerprint density at radius 2 is 1.79 bits per heavy atom. The fourth-order valence-electron chi connectivity index (χ4n) is 5.29. The lowest BCUT2D eigenvalue weighted by molar-refractivity contribution is -0.124. The predicted molar refractivity (Wildman–Crippen MR) is 138 cm³/mol. The third-order valence-corrected chi connectivity index (χ3v) is 8.32.